The number of Topliss-reactive ketones (excluding diaryl/α,β-unsaturated/α-hetero) is 1. The normalized spacial score (nSPS) is 19.6. The second-order valence-electron chi connectivity index (χ2n) is 8.50. The van der Waals surface area contributed by atoms with Crippen LogP contribution in [0.4, 0.5) is 0 Å². The van der Waals surface area contributed by atoms with Gasteiger partial charge in [-0.1, -0.05) is 12.1 Å². The van der Waals surface area contributed by atoms with Crippen LogP contribution in [0.3, 0.4) is 0 Å². The molecule has 1 heterocycles. The molecule has 2 aromatic carbocycles. The van der Waals surface area contributed by atoms with Crippen LogP contribution in [-0.4, -0.2) is 46.7 Å². The predicted octanol–water partition coefficient (Wildman–Crippen LogP) is 4.12. The number of amides is 1. The lowest BCUT2D eigenvalue weighted by atomic mass is 9.73. The lowest BCUT2D eigenvalue weighted by molar-refractivity contribution is -0.122. The molecule has 186 valence electrons. The highest BCUT2D eigenvalue weighted by Gasteiger charge is 2.40. The Morgan fingerprint density at radius 2 is 1.54 bits per heavy atom. The number of rotatable bonds is 8. The molecule has 0 radical (unpaired) electrons. The molecule has 0 fully saturated rings. The highest BCUT2D eigenvalue weighted by molar-refractivity contribution is 6.02. The zero-order valence-electron chi connectivity index (χ0n) is 20.7. The standard InChI is InChI=1S/C27H31NO7/c1-6-35-26-17(8-7-9-21(26)31-2)18-14-24(30)28-19-10-15(11-20(29)25(18)19)16-12-22(32-3)27(34-5)23(13-16)33-4/h7-9,12-13,15,18H,6,10-11,14H2,1-5H3,(H,28,30). The third-order valence-electron chi connectivity index (χ3n) is 6.59. The van der Waals surface area contributed by atoms with Gasteiger partial charge in [-0.3, -0.25) is 9.59 Å². The monoisotopic (exact) mass is 481 g/mol. The first-order chi connectivity index (χ1) is 16.9. The maximum absolute atomic E-state index is 13.6. The van der Waals surface area contributed by atoms with Crippen LogP contribution in [0, 0.1) is 0 Å². The summed E-state index contributed by atoms with van der Waals surface area (Å²) in [5.41, 5.74) is 2.97. The molecule has 4 rings (SSSR count). The maximum Gasteiger partial charge on any atom is 0.225 e. The van der Waals surface area contributed by atoms with Crippen LogP contribution in [0.1, 0.15) is 49.1 Å². The van der Waals surface area contributed by atoms with E-state index in [1.807, 2.05) is 37.3 Å². The SMILES string of the molecule is CCOc1c(OC)cccc1C1CC(=O)NC2=C1C(=O)CC(c1cc(OC)c(OC)c(OC)c1)C2. The summed E-state index contributed by atoms with van der Waals surface area (Å²) in [6.07, 6.45) is 0.986. The van der Waals surface area contributed by atoms with Gasteiger partial charge in [-0.25, -0.2) is 0 Å². The van der Waals surface area contributed by atoms with Gasteiger partial charge in [0.2, 0.25) is 11.7 Å². The Balaban J connectivity index is 1.76. The minimum absolute atomic E-state index is 0.000250. The van der Waals surface area contributed by atoms with Crippen molar-refractivity contribution in [2.45, 2.75) is 38.0 Å². The summed E-state index contributed by atoms with van der Waals surface area (Å²) in [6.45, 7) is 2.33. The van der Waals surface area contributed by atoms with Gasteiger partial charge in [-0.2, -0.15) is 0 Å². The molecule has 2 aliphatic rings. The quantitative estimate of drug-likeness (QED) is 0.606. The molecule has 2 aromatic rings. The van der Waals surface area contributed by atoms with Crippen LogP contribution in [0.2, 0.25) is 0 Å². The first-order valence-corrected chi connectivity index (χ1v) is 11.6. The number of carbonyl (C=O) groups is 2. The summed E-state index contributed by atoms with van der Waals surface area (Å²) in [7, 11) is 6.25. The van der Waals surface area contributed by atoms with Gasteiger partial charge in [0, 0.05) is 35.6 Å². The average molecular weight is 482 g/mol. The van der Waals surface area contributed by atoms with E-state index in [0.29, 0.717) is 59.5 Å². The average Bonchev–Trinajstić information content (AvgIpc) is 2.87. The van der Waals surface area contributed by atoms with E-state index in [9.17, 15) is 9.59 Å². The van der Waals surface area contributed by atoms with E-state index in [2.05, 4.69) is 5.32 Å². The zero-order valence-corrected chi connectivity index (χ0v) is 20.7. The van der Waals surface area contributed by atoms with Crippen molar-refractivity contribution in [3.05, 3.63) is 52.7 Å². The number of methoxy groups -OCH3 is 4. The molecule has 1 aliphatic carbocycles. The largest absolute Gasteiger partial charge is 0.493 e. The van der Waals surface area contributed by atoms with Crippen molar-refractivity contribution in [3.63, 3.8) is 0 Å². The van der Waals surface area contributed by atoms with Gasteiger partial charge in [0.25, 0.3) is 0 Å². The zero-order chi connectivity index (χ0) is 25.1. The van der Waals surface area contributed by atoms with Crippen LogP contribution < -0.4 is 29.0 Å². The van der Waals surface area contributed by atoms with Crippen molar-refractivity contribution >= 4 is 11.7 Å². The molecule has 0 saturated carbocycles. The highest BCUT2D eigenvalue weighted by Crippen LogP contribution is 2.48. The summed E-state index contributed by atoms with van der Waals surface area (Å²) >= 11 is 0. The fraction of sp³-hybridized carbons (Fsp3) is 0.407. The van der Waals surface area contributed by atoms with E-state index in [1.165, 1.54) is 0 Å². The van der Waals surface area contributed by atoms with Crippen molar-refractivity contribution in [3.8, 4) is 28.7 Å². The number of carbonyl (C=O) groups excluding carboxylic acids is 2. The van der Waals surface area contributed by atoms with Gasteiger partial charge in [0.05, 0.1) is 35.0 Å². The first kappa shape index (κ1) is 24.4. The molecule has 35 heavy (non-hydrogen) atoms. The molecule has 8 heteroatoms. The van der Waals surface area contributed by atoms with Crippen LogP contribution >= 0.6 is 0 Å². The number of benzene rings is 2. The topological polar surface area (TPSA) is 92.3 Å². The molecule has 0 aromatic heterocycles. The summed E-state index contributed by atoms with van der Waals surface area (Å²) in [4.78, 5) is 26.4. The van der Waals surface area contributed by atoms with Crippen molar-refractivity contribution in [2.24, 2.45) is 0 Å². The predicted molar refractivity (Wildman–Crippen MR) is 130 cm³/mol. The summed E-state index contributed by atoms with van der Waals surface area (Å²) in [6, 6.07) is 9.30. The summed E-state index contributed by atoms with van der Waals surface area (Å²) < 4.78 is 27.8. The first-order valence-electron chi connectivity index (χ1n) is 11.6. The third-order valence-corrected chi connectivity index (χ3v) is 6.59. The second kappa shape index (κ2) is 10.3. The molecule has 2 unspecified atom stereocenters. The Morgan fingerprint density at radius 1 is 0.857 bits per heavy atom. The lowest BCUT2D eigenvalue weighted by Gasteiger charge is -2.35. The minimum atomic E-state index is -0.399. The molecule has 0 bridgehead atoms. The number of hydrogen-bond donors (Lipinski definition) is 1. The Hall–Kier alpha value is -3.68. The molecular formula is C27H31NO7. The fourth-order valence-electron chi connectivity index (χ4n) is 5.07. The number of para-hydroxylation sites is 1. The van der Waals surface area contributed by atoms with E-state index < -0.39 is 5.92 Å². The van der Waals surface area contributed by atoms with Gasteiger partial charge in [0.1, 0.15) is 0 Å². The number of ketones is 1. The van der Waals surface area contributed by atoms with Gasteiger partial charge < -0.3 is 29.0 Å². The number of ether oxygens (including phenoxy) is 5. The summed E-state index contributed by atoms with van der Waals surface area (Å²) in [5, 5.41) is 2.97. The van der Waals surface area contributed by atoms with Crippen molar-refractivity contribution in [1.29, 1.82) is 0 Å². The number of nitrogens with one attached hydrogen (secondary N) is 1. The van der Waals surface area contributed by atoms with E-state index in [4.69, 9.17) is 23.7 Å². The molecule has 1 aliphatic heterocycles. The third kappa shape index (κ3) is 4.52. The Kier molecular flexibility index (Phi) is 7.19. The Labute approximate surface area is 205 Å². The number of hydrogen-bond acceptors (Lipinski definition) is 7. The Bertz CT molecular complexity index is 1150. The van der Waals surface area contributed by atoms with Gasteiger partial charge in [-0.15, -0.1) is 0 Å². The van der Waals surface area contributed by atoms with E-state index in [0.717, 1.165) is 11.1 Å². The van der Waals surface area contributed by atoms with Gasteiger partial charge in [0.15, 0.2) is 28.8 Å². The smallest absolute Gasteiger partial charge is 0.225 e. The molecule has 8 nitrogen and oxygen atoms in total. The fourth-order valence-corrected chi connectivity index (χ4v) is 5.07. The maximum atomic E-state index is 13.6. The van der Waals surface area contributed by atoms with E-state index >= 15 is 0 Å². The van der Waals surface area contributed by atoms with Crippen LogP contribution in [0.5, 0.6) is 28.7 Å². The minimum Gasteiger partial charge on any atom is -0.493 e. The van der Waals surface area contributed by atoms with Crippen LogP contribution in [0.25, 0.3) is 0 Å². The molecule has 1 N–H and O–H groups in total. The number of allylic oxidation sites excluding steroid dienone is 2. The lowest BCUT2D eigenvalue weighted by Crippen LogP contribution is -2.38. The summed E-state index contributed by atoms with van der Waals surface area (Å²) in [5.74, 6) is 2.02. The van der Waals surface area contributed by atoms with E-state index in [-0.39, 0.29) is 24.0 Å². The molecule has 1 amide bonds. The van der Waals surface area contributed by atoms with Crippen LogP contribution in [0.15, 0.2) is 41.6 Å². The van der Waals surface area contributed by atoms with Gasteiger partial charge >= 0.3 is 0 Å². The molecule has 2 atom stereocenters. The molecule has 0 saturated heterocycles. The van der Waals surface area contributed by atoms with E-state index in [1.54, 1.807) is 28.4 Å². The molecule has 0 spiro atoms. The van der Waals surface area contributed by atoms with Crippen molar-refractivity contribution in [2.75, 3.05) is 35.0 Å². The van der Waals surface area contributed by atoms with Crippen molar-refractivity contribution < 1.29 is 33.3 Å². The van der Waals surface area contributed by atoms with Crippen LogP contribution in [-0.2, 0) is 9.59 Å². The highest BCUT2D eigenvalue weighted by atomic mass is 16.5. The molecular weight excluding hydrogens is 450 g/mol. The van der Waals surface area contributed by atoms with Crippen molar-refractivity contribution in [1.82, 2.24) is 5.32 Å². The Morgan fingerprint density at radius 3 is 2.14 bits per heavy atom. The second-order valence-corrected chi connectivity index (χ2v) is 8.50. The van der Waals surface area contributed by atoms with Gasteiger partial charge in [-0.05, 0) is 43.0 Å².